The minimum absolute atomic E-state index is 0.177. The normalized spacial score (nSPS) is 13.1. The fourth-order valence-electron chi connectivity index (χ4n) is 1.68. The topological polar surface area (TPSA) is 64.3 Å². The highest BCUT2D eigenvalue weighted by Crippen LogP contribution is 2.34. The summed E-state index contributed by atoms with van der Waals surface area (Å²) in [7, 11) is 1.53. The third-order valence-electron chi connectivity index (χ3n) is 2.79. The number of anilines is 1. The minimum Gasteiger partial charge on any atom is -0.398 e. The number of ether oxygens (including phenoxy) is 1. The van der Waals surface area contributed by atoms with E-state index in [0.717, 1.165) is 12.1 Å². The average molecular weight is 290 g/mol. The van der Waals surface area contributed by atoms with Crippen molar-refractivity contribution in [1.29, 1.82) is 0 Å². The van der Waals surface area contributed by atoms with Gasteiger partial charge in [0.1, 0.15) is 0 Å². The van der Waals surface area contributed by atoms with Gasteiger partial charge in [-0.3, -0.25) is 4.79 Å². The lowest BCUT2D eigenvalue weighted by Gasteiger charge is -2.16. The first-order valence-corrected chi connectivity index (χ1v) is 6.02. The Morgan fingerprint density at radius 3 is 2.65 bits per heavy atom. The first-order chi connectivity index (χ1) is 9.27. The maximum absolute atomic E-state index is 12.7. The van der Waals surface area contributed by atoms with Gasteiger partial charge in [0.15, 0.2) is 0 Å². The monoisotopic (exact) mass is 290 g/mol. The molecule has 0 saturated carbocycles. The Bertz CT molecular complexity index is 475. The van der Waals surface area contributed by atoms with Crippen molar-refractivity contribution < 1.29 is 22.7 Å². The highest BCUT2D eigenvalue weighted by Gasteiger charge is 2.34. The molecule has 0 aliphatic rings. The van der Waals surface area contributed by atoms with E-state index in [0.29, 0.717) is 13.0 Å². The minimum atomic E-state index is -4.58. The molecule has 1 atom stereocenters. The van der Waals surface area contributed by atoms with E-state index in [-0.39, 0.29) is 11.6 Å². The number of methoxy groups -OCH3 is 1. The van der Waals surface area contributed by atoms with Crippen molar-refractivity contribution in [1.82, 2.24) is 5.32 Å². The van der Waals surface area contributed by atoms with E-state index in [1.807, 2.05) is 0 Å². The molecule has 0 bridgehead atoms. The Morgan fingerprint density at radius 1 is 1.45 bits per heavy atom. The summed E-state index contributed by atoms with van der Waals surface area (Å²) < 4.78 is 42.9. The number of carbonyl (C=O) groups is 1. The lowest BCUT2D eigenvalue weighted by atomic mass is 10.1. The van der Waals surface area contributed by atoms with Gasteiger partial charge in [-0.15, -0.1) is 0 Å². The Morgan fingerprint density at radius 2 is 2.10 bits per heavy atom. The molecule has 4 nitrogen and oxygen atoms in total. The van der Waals surface area contributed by atoms with Crippen LogP contribution in [-0.4, -0.2) is 25.7 Å². The Hall–Kier alpha value is -1.76. The predicted molar refractivity (Wildman–Crippen MR) is 69.3 cm³/mol. The number of para-hydroxylation sites is 1. The number of carbonyl (C=O) groups excluding carboxylic acids is 1. The number of nitrogens with two attached hydrogens (primary N) is 1. The van der Waals surface area contributed by atoms with Crippen molar-refractivity contribution in [3.8, 4) is 0 Å². The van der Waals surface area contributed by atoms with Crippen molar-refractivity contribution in [3.05, 3.63) is 29.3 Å². The van der Waals surface area contributed by atoms with E-state index < -0.39 is 23.3 Å². The summed E-state index contributed by atoms with van der Waals surface area (Å²) in [5, 5.41) is 2.58. The quantitative estimate of drug-likeness (QED) is 0.819. The van der Waals surface area contributed by atoms with Crippen LogP contribution in [0.5, 0.6) is 0 Å². The van der Waals surface area contributed by atoms with Crippen molar-refractivity contribution in [2.24, 2.45) is 0 Å². The van der Waals surface area contributed by atoms with Crippen LogP contribution in [0.1, 0.15) is 29.3 Å². The molecule has 1 amide bonds. The van der Waals surface area contributed by atoms with Gasteiger partial charge in [0.05, 0.1) is 16.8 Å². The van der Waals surface area contributed by atoms with Crippen LogP contribution in [-0.2, 0) is 10.9 Å². The molecule has 0 spiro atoms. The zero-order valence-electron chi connectivity index (χ0n) is 11.3. The number of rotatable bonds is 5. The number of nitrogen functional groups attached to an aromatic ring is 1. The SMILES string of the molecule is COCCC(C)NC(=O)c1cccc(C(F)(F)F)c1N. The molecule has 1 aromatic rings. The maximum Gasteiger partial charge on any atom is 0.418 e. The van der Waals surface area contributed by atoms with E-state index in [1.165, 1.54) is 13.2 Å². The first-order valence-electron chi connectivity index (χ1n) is 6.02. The third-order valence-corrected chi connectivity index (χ3v) is 2.79. The fourth-order valence-corrected chi connectivity index (χ4v) is 1.68. The number of nitrogens with one attached hydrogen (secondary N) is 1. The zero-order chi connectivity index (χ0) is 15.3. The fraction of sp³-hybridized carbons (Fsp3) is 0.462. The van der Waals surface area contributed by atoms with Crippen molar-refractivity contribution in [3.63, 3.8) is 0 Å². The van der Waals surface area contributed by atoms with Gasteiger partial charge in [0.25, 0.3) is 5.91 Å². The van der Waals surface area contributed by atoms with E-state index in [2.05, 4.69) is 5.32 Å². The summed E-state index contributed by atoms with van der Waals surface area (Å²) in [6.07, 6.45) is -4.02. The summed E-state index contributed by atoms with van der Waals surface area (Å²) in [5.41, 5.74) is 3.70. The number of amides is 1. The second kappa shape index (κ2) is 6.60. The summed E-state index contributed by atoms with van der Waals surface area (Å²) in [6, 6.07) is 3.05. The molecule has 0 aliphatic heterocycles. The van der Waals surface area contributed by atoms with Gasteiger partial charge >= 0.3 is 6.18 Å². The largest absolute Gasteiger partial charge is 0.418 e. The van der Waals surface area contributed by atoms with Crippen molar-refractivity contribution >= 4 is 11.6 Å². The van der Waals surface area contributed by atoms with Crippen molar-refractivity contribution in [2.45, 2.75) is 25.6 Å². The summed E-state index contributed by atoms with van der Waals surface area (Å²) >= 11 is 0. The number of hydrogen-bond acceptors (Lipinski definition) is 3. The number of alkyl halides is 3. The Kier molecular flexibility index (Phi) is 5.38. The molecule has 7 heteroatoms. The molecular formula is C13H17F3N2O2. The van der Waals surface area contributed by atoms with Crippen LogP contribution in [0, 0.1) is 0 Å². The van der Waals surface area contributed by atoms with Crippen molar-refractivity contribution in [2.75, 3.05) is 19.5 Å². The molecule has 3 N–H and O–H groups in total. The predicted octanol–water partition coefficient (Wildman–Crippen LogP) is 2.44. The molecule has 0 saturated heterocycles. The van der Waals surface area contributed by atoms with E-state index in [9.17, 15) is 18.0 Å². The maximum atomic E-state index is 12.7. The highest BCUT2D eigenvalue weighted by atomic mass is 19.4. The molecule has 1 aromatic carbocycles. The van der Waals surface area contributed by atoms with E-state index in [4.69, 9.17) is 10.5 Å². The van der Waals surface area contributed by atoms with Gasteiger partial charge in [-0.25, -0.2) is 0 Å². The van der Waals surface area contributed by atoms with Gasteiger partial charge in [-0.1, -0.05) is 6.07 Å². The molecule has 1 rings (SSSR count). The number of halogens is 3. The lowest BCUT2D eigenvalue weighted by molar-refractivity contribution is -0.136. The average Bonchev–Trinajstić information content (AvgIpc) is 2.35. The summed E-state index contributed by atoms with van der Waals surface area (Å²) in [4.78, 5) is 11.9. The molecule has 20 heavy (non-hydrogen) atoms. The smallest absolute Gasteiger partial charge is 0.398 e. The van der Waals surface area contributed by atoms with Crippen LogP contribution in [0.25, 0.3) is 0 Å². The molecule has 0 aromatic heterocycles. The molecular weight excluding hydrogens is 273 g/mol. The van der Waals surface area contributed by atoms with Crippen LogP contribution in [0.2, 0.25) is 0 Å². The molecule has 112 valence electrons. The molecule has 0 radical (unpaired) electrons. The van der Waals surface area contributed by atoms with Gasteiger partial charge in [-0.2, -0.15) is 13.2 Å². The number of benzene rings is 1. The van der Waals surface area contributed by atoms with Gasteiger partial charge < -0.3 is 15.8 Å². The van der Waals surface area contributed by atoms with Crippen LogP contribution < -0.4 is 11.1 Å². The third kappa shape index (κ3) is 4.12. The molecule has 1 unspecified atom stereocenters. The zero-order valence-corrected chi connectivity index (χ0v) is 11.3. The molecule has 0 fully saturated rings. The van der Waals surface area contributed by atoms with Gasteiger partial charge in [0.2, 0.25) is 0 Å². The second-order valence-electron chi connectivity index (χ2n) is 4.42. The highest BCUT2D eigenvalue weighted by molar-refractivity contribution is 6.00. The molecule has 0 aliphatic carbocycles. The molecule has 0 heterocycles. The Balaban J connectivity index is 2.89. The van der Waals surface area contributed by atoms with Crippen LogP contribution in [0.3, 0.4) is 0 Å². The van der Waals surface area contributed by atoms with Gasteiger partial charge in [-0.05, 0) is 25.5 Å². The van der Waals surface area contributed by atoms with Crippen LogP contribution >= 0.6 is 0 Å². The van der Waals surface area contributed by atoms with Crippen LogP contribution in [0.4, 0.5) is 18.9 Å². The first kappa shape index (κ1) is 16.3. The summed E-state index contributed by atoms with van der Waals surface area (Å²) in [6.45, 7) is 2.18. The lowest BCUT2D eigenvalue weighted by Crippen LogP contribution is -2.34. The van der Waals surface area contributed by atoms with Gasteiger partial charge in [0, 0.05) is 19.8 Å². The van der Waals surface area contributed by atoms with E-state index in [1.54, 1.807) is 6.92 Å². The second-order valence-corrected chi connectivity index (χ2v) is 4.42. The standard InChI is InChI=1S/C13H17F3N2O2/c1-8(6-7-20-2)18-12(19)9-4-3-5-10(11(9)17)13(14,15)16/h3-5,8H,6-7,17H2,1-2H3,(H,18,19). The Labute approximate surface area is 115 Å². The summed E-state index contributed by atoms with van der Waals surface area (Å²) in [5.74, 6) is -0.628. The van der Waals surface area contributed by atoms with E-state index >= 15 is 0 Å². The van der Waals surface area contributed by atoms with Crippen LogP contribution in [0.15, 0.2) is 18.2 Å². The number of hydrogen-bond donors (Lipinski definition) is 2.